The Kier molecular flexibility index (Phi) is 5.51. The molecule has 0 heterocycles. The predicted molar refractivity (Wildman–Crippen MR) is 77.4 cm³/mol. The summed E-state index contributed by atoms with van der Waals surface area (Å²) in [6.45, 7) is 3.62. The standard InChI is InChI=1S/C12H17BrN2O3S/c1-4-15(8-12(16)14-3)19(17,18)11-6-5-9(2)7-10(11)13/h5-7H,4,8H2,1-3H3,(H,14,16). The highest BCUT2D eigenvalue weighted by Crippen LogP contribution is 2.25. The summed E-state index contributed by atoms with van der Waals surface area (Å²) in [5, 5.41) is 2.42. The summed E-state index contributed by atoms with van der Waals surface area (Å²) in [7, 11) is -2.20. The molecule has 1 N–H and O–H groups in total. The number of nitrogens with one attached hydrogen (secondary N) is 1. The Morgan fingerprint density at radius 2 is 2.05 bits per heavy atom. The summed E-state index contributed by atoms with van der Waals surface area (Å²) in [6, 6.07) is 5.01. The molecule has 0 spiro atoms. The van der Waals surface area contributed by atoms with E-state index in [-0.39, 0.29) is 23.9 Å². The van der Waals surface area contributed by atoms with Gasteiger partial charge >= 0.3 is 0 Å². The van der Waals surface area contributed by atoms with Gasteiger partial charge in [-0.3, -0.25) is 4.79 Å². The number of nitrogens with zero attached hydrogens (tertiary/aromatic N) is 1. The molecule has 106 valence electrons. The van der Waals surface area contributed by atoms with E-state index in [9.17, 15) is 13.2 Å². The summed E-state index contributed by atoms with van der Waals surface area (Å²) in [5.74, 6) is -0.339. The van der Waals surface area contributed by atoms with E-state index in [1.165, 1.54) is 7.05 Å². The van der Waals surface area contributed by atoms with E-state index in [4.69, 9.17) is 0 Å². The van der Waals surface area contributed by atoms with Crippen molar-refractivity contribution in [2.24, 2.45) is 0 Å². The Labute approximate surface area is 122 Å². The average Bonchev–Trinajstić information content (AvgIpc) is 2.34. The van der Waals surface area contributed by atoms with E-state index >= 15 is 0 Å². The van der Waals surface area contributed by atoms with Gasteiger partial charge in [-0.05, 0) is 40.5 Å². The van der Waals surface area contributed by atoms with Crippen molar-refractivity contribution in [3.8, 4) is 0 Å². The van der Waals surface area contributed by atoms with Crippen molar-refractivity contribution in [3.05, 3.63) is 28.2 Å². The maximum atomic E-state index is 12.5. The van der Waals surface area contributed by atoms with Crippen LogP contribution in [0.2, 0.25) is 0 Å². The van der Waals surface area contributed by atoms with E-state index < -0.39 is 10.0 Å². The second kappa shape index (κ2) is 6.49. The minimum absolute atomic E-state index is 0.170. The molecule has 0 fully saturated rings. The SMILES string of the molecule is CCN(CC(=O)NC)S(=O)(=O)c1ccc(C)cc1Br. The fraction of sp³-hybridized carbons (Fsp3) is 0.417. The minimum Gasteiger partial charge on any atom is -0.358 e. The molecule has 1 rings (SSSR count). The molecule has 1 amide bonds. The fourth-order valence-corrected chi connectivity index (χ4v) is 4.12. The second-order valence-electron chi connectivity index (χ2n) is 4.04. The molecule has 0 aromatic heterocycles. The summed E-state index contributed by atoms with van der Waals surface area (Å²) in [5.41, 5.74) is 0.958. The van der Waals surface area contributed by atoms with Crippen molar-refractivity contribution >= 4 is 31.9 Å². The van der Waals surface area contributed by atoms with Crippen LogP contribution in [0.5, 0.6) is 0 Å². The van der Waals surface area contributed by atoms with Gasteiger partial charge in [-0.15, -0.1) is 0 Å². The van der Waals surface area contributed by atoms with Crippen molar-refractivity contribution in [1.82, 2.24) is 9.62 Å². The zero-order valence-corrected chi connectivity index (χ0v) is 13.5. The van der Waals surface area contributed by atoms with Gasteiger partial charge in [-0.25, -0.2) is 8.42 Å². The first-order valence-electron chi connectivity index (χ1n) is 5.79. The monoisotopic (exact) mass is 348 g/mol. The number of sulfonamides is 1. The molecule has 0 saturated heterocycles. The number of rotatable bonds is 5. The summed E-state index contributed by atoms with van der Waals surface area (Å²) in [6.07, 6.45) is 0. The minimum atomic E-state index is -3.68. The second-order valence-corrected chi connectivity index (χ2v) is 6.80. The van der Waals surface area contributed by atoms with Crippen LogP contribution in [0.25, 0.3) is 0 Å². The molecule has 1 aromatic carbocycles. The molecule has 0 radical (unpaired) electrons. The zero-order valence-electron chi connectivity index (χ0n) is 11.1. The molecule has 0 saturated carbocycles. The first kappa shape index (κ1) is 16.1. The lowest BCUT2D eigenvalue weighted by Gasteiger charge is -2.20. The largest absolute Gasteiger partial charge is 0.358 e. The van der Waals surface area contributed by atoms with Gasteiger partial charge in [0.1, 0.15) is 0 Å². The lowest BCUT2D eigenvalue weighted by molar-refractivity contribution is -0.120. The van der Waals surface area contributed by atoms with Crippen LogP contribution in [0.3, 0.4) is 0 Å². The van der Waals surface area contributed by atoms with Gasteiger partial charge < -0.3 is 5.32 Å². The van der Waals surface area contributed by atoms with E-state index in [0.29, 0.717) is 4.47 Å². The molecule has 0 unspecified atom stereocenters. The number of aryl methyl sites for hydroxylation is 1. The van der Waals surface area contributed by atoms with Gasteiger partial charge in [0, 0.05) is 18.1 Å². The van der Waals surface area contributed by atoms with Crippen molar-refractivity contribution in [3.63, 3.8) is 0 Å². The predicted octanol–water partition coefficient (Wildman–Crippen LogP) is 1.51. The van der Waals surface area contributed by atoms with Crippen molar-refractivity contribution in [2.45, 2.75) is 18.7 Å². The van der Waals surface area contributed by atoms with Gasteiger partial charge in [0.25, 0.3) is 0 Å². The highest BCUT2D eigenvalue weighted by Gasteiger charge is 2.26. The Morgan fingerprint density at radius 1 is 1.42 bits per heavy atom. The highest BCUT2D eigenvalue weighted by atomic mass is 79.9. The number of hydrogen-bond acceptors (Lipinski definition) is 3. The maximum Gasteiger partial charge on any atom is 0.244 e. The number of halogens is 1. The van der Waals surface area contributed by atoms with Gasteiger partial charge in [0.15, 0.2) is 0 Å². The highest BCUT2D eigenvalue weighted by molar-refractivity contribution is 9.10. The van der Waals surface area contributed by atoms with Crippen LogP contribution < -0.4 is 5.32 Å². The molecule has 0 aliphatic heterocycles. The fourth-order valence-electron chi connectivity index (χ4n) is 1.56. The number of hydrogen-bond donors (Lipinski definition) is 1. The van der Waals surface area contributed by atoms with Crippen LogP contribution in [0, 0.1) is 6.92 Å². The Balaban J connectivity index is 3.17. The molecule has 0 aliphatic carbocycles. The third-order valence-corrected chi connectivity index (χ3v) is 5.55. The molecule has 19 heavy (non-hydrogen) atoms. The summed E-state index contributed by atoms with van der Waals surface area (Å²) in [4.78, 5) is 11.5. The van der Waals surface area contributed by atoms with Gasteiger partial charge in [-0.2, -0.15) is 4.31 Å². The van der Waals surface area contributed by atoms with E-state index in [2.05, 4.69) is 21.2 Å². The third kappa shape index (κ3) is 3.77. The van der Waals surface area contributed by atoms with E-state index in [1.807, 2.05) is 6.92 Å². The normalized spacial score (nSPS) is 11.6. The van der Waals surface area contributed by atoms with Crippen molar-refractivity contribution in [2.75, 3.05) is 20.1 Å². The van der Waals surface area contributed by atoms with Crippen LogP contribution in [-0.2, 0) is 14.8 Å². The topological polar surface area (TPSA) is 66.5 Å². The van der Waals surface area contributed by atoms with Crippen LogP contribution in [-0.4, -0.2) is 38.8 Å². The molecule has 0 atom stereocenters. The van der Waals surface area contributed by atoms with Gasteiger partial charge in [0.05, 0.1) is 11.4 Å². The zero-order chi connectivity index (χ0) is 14.6. The number of carbonyl (C=O) groups excluding carboxylic acids is 1. The molecular formula is C12H17BrN2O3S. The van der Waals surface area contributed by atoms with Gasteiger partial charge in [-0.1, -0.05) is 13.0 Å². The number of carbonyl (C=O) groups is 1. The maximum absolute atomic E-state index is 12.5. The summed E-state index contributed by atoms with van der Waals surface area (Å²) >= 11 is 3.26. The average molecular weight is 349 g/mol. The molecular weight excluding hydrogens is 332 g/mol. The number of amides is 1. The Hall–Kier alpha value is -0.920. The first-order chi connectivity index (χ1) is 8.82. The van der Waals surface area contributed by atoms with Gasteiger partial charge in [0.2, 0.25) is 15.9 Å². The molecule has 7 heteroatoms. The number of likely N-dealkylation sites (N-methyl/N-ethyl adjacent to an activating group) is 2. The Bertz CT molecular complexity index is 572. The van der Waals surface area contributed by atoms with Crippen molar-refractivity contribution in [1.29, 1.82) is 0 Å². The van der Waals surface area contributed by atoms with E-state index in [1.54, 1.807) is 25.1 Å². The van der Waals surface area contributed by atoms with Crippen LogP contribution in [0.15, 0.2) is 27.6 Å². The number of benzene rings is 1. The van der Waals surface area contributed by atoms with Crippen molar-refractivity contribution < 1.29 is 13.2 Å². The smallest absolute Gasteiger partial charge is 0.244 e. The third-order valence-electron chi connectivity index (χ3n) is 2.66. The van der Waals surface area contributed by atoms with Crippen LogP contribution >= 0.6 is 15.9 Å². The lowest BCUT2D eigenvalue weighted by atomic mass is 10.2. The molecule has 0 bridgehead atoms. The van der Waals surface area contributed by atoms with Crippen LogP contribution in [0.1, 0.15) is 12.5 Å². The summed E-state index contributed by atoms with van der Waals surface area (Å²) < 4.78 is 26.6. The first-order valence-corrected chi connectivity index (χ1v) is 8.03. The molecule has 1 aromatic rings. The quantitative estimate of drug-likeness (QED) is 0.876. The van der Waals surface area contributed by atoms with Crippen LogP contribution in [0.4, 0.5) is 0 Å². The Morgan fingerprint density at radius 3 is 2.53 bits per heavy atom. The lowest BCUT2D eigenvalue weighted by Crippen LogP contribution is -2.39. The molecule has 0 aliphatic rings. The molecule has 5 nitrogen and oxygen atoms in total. The van der Waals surface area contributed by atoms with E-state index in [0.717, 1.165) is 9.87 Å².